The Kier molecular flexibility index (Phi) is 7.77. The molecule has 1 unspecified atom stereocenters. The van der Waals surface area contributed by atoms with E-state index < -0.39 is 42.7 Å². The lowest BCUT2D eigenvalue weighted by Gasteiger charge is -2.32. The van der Waals surface area contributed by atoms with Crippen molar-refractivity contribution < 1.29 is 38.2 Å². The Morgan fingerprint density at radius 2 is 1.70 bits per heavy atom. The van der Waals surface area contributed by atoms with Gasteiger partial charge in [0.15, 0.2) is 18.1 Å². The smallest absolute Gasteiger partial charge is 0.466 e. The van der Waals surface area contributed by atoms with Crippen LogP contribution in [0.5, 0.6) is 11.5 Å². The van der Waals surface area contributed by atoms with Crippen LogP contribution in [0.4, 0.5) is 0 Å². The van der Waals surface area contributed by atoms with E-state index in [1.165, 1.54) is 0 Å². The van der Waals surface area contributed by atoms with Gasteiger partial charge in [-0.05, 0) is 53.2 Å². The van der Waals surface area contributed by atoms with Crippen LogP contribution in [0.2, 0.25) is 0 Å². The summed E-state index contributed by atoms with van der Waals surface area (Å²) < 4.78 is 28.8. The van der Waals surface area contributed by atoms with E-state index >= 15 is 0 Å². The van der Waals surface area contributed by atoms with Crippen molar-refractivity contribution in [2.75, 3.05) is 19.8 Å². The van der Waals surface area contributed by atoms with Gasteiger partial charge in [-0.1, -0.05) is 12.1 Å². The lowest BCUT2D eigenvalue weighted by Crippen LogP contribution is -2.41. The van der Waals surface area contributed by atoms with Gasteiger partial charge in [-0.25, -0.2) is 4.79 Å². The molecular weight excluding hydrogens is 391 g/mol. The molecule has 1 aromatic rings. The number of carbonyl (C=O) groups is 2. The number of carbonyl (C=O) groups excluding carboxylic acids is 1. The Labute approximate surface area is 177 Å². The summed E-state index contributed by atoms with van der Waals surface area (Å²) in [5.74, 6) is -1.48. The van der Waals surface area contributed by atoms with Gasteiger partial charge >= 0.3 is 19.1 Å². The normalized spacial score (nSPS) is 18.0. The summed E-state index contributed by atoms with van der Waals surface area (Å²) >= 11 is 0. The zero-order valence-electron chi connectivity index (χ0n) is 18.5. The van der Waals surface area contributed by atoms with Crippen molar-refractivity contribution in [1.82, 2.24) is 0 Å². The van der Waals surface area contributed by atoms with E-state index in [0.29, 0.717) is 17.9 Å². The van der Waals surface area contributed by atoms with Crippen molar-refractivity contribution >= 4 is 19.1 Å². The maximum atomic E-state index is 12.4. The molecule has 0 saturated carbocycles. The average molecular weight is 422 g/mol. The number of carboxylic acid groups (broad SMARTS) is 1. The Balaban J connectivity index is 2.51. The maximum Gasteiger partial charge on any atom is 0.466 e. The first-order valence-corrected chi connectivity index (χ1v) is 10.1. The van der Waals surface area contributed by atoms with Gasteiger partial charge in [0, 0.05) is 5.82 Å². The van der Waals surface area contributed by atoms with Crippen molar-refractivity contribution in [3.8, 4) is 11.5 Å². The number of aliphatic carboxylic acids is 1. The molecule has 0 bridgehead atoms. The minimum absolute atomic E-state index is 0.0241. The fourth-order valence-corrected chi connectivity index (χ4v) is 3.19. The Morgan fingerprint density at radius 1 is 1.07 bits per heavy atom. The van der Waals surface area contributed by atoms with Gasteiger partial charge in [-0.3, -0.25) is 4.79 Å². The van der Waals surface area contributed by atoms with Crippen molar-refractivity contribution in [3.63, 3.8) is 0 Å². The third-order valence-corrected chi connectivity index (χ3v) is 5.34. The van der Waals surface area contributed by atoms with Crippen LogP contribution in [0, 0.1) is 0 Å². The average Bonchev–Trinajstić information content (AvgIpc) is 2.86. The molecule has 2 rings (SSSR count). The molecule has 1 atom stereocenters. The summed E-state index contributed by atoms with van der Waals surface area (Å²) in [6.45, 7) is 11.3. The molecule has 166 valence electrons. The lowest BCUT2D eigenvalue weighted by atomic mass is 9.66. The highest BCUT2D eigenvalue weighted by atomic mass is 16.7. The second kappa shape index (κ2) is 9.70. The van der Waals surface area contributed by atoms with Gasteiger partial charge in [0.2, 0.25) is 0 Å². The highest BCUT2D eigenvalue weighted by molar-refractivity contribution is 6.48. The molecule has 1 aliphatic rings. The standard InChI is InChI=1S/C21H31BO8/c1-7-26-16-11-9-10-14(19(16)28-13-17(23)24)15(12-18(25)27-8-2)22-29-20(3,4)21(5,6)30-22/h9-11,15H,7-8,12-13H2,1-6H3,(H,23,24). The molecule has 30 heavy (non-hydrogen) atoms. The summed E-state index contributed by atoms with van der Waals surface area (Å²) in [6, 6.07) is 5.21. The molecule has 0 radical (unpaired) electrons. The van der Waals surface area contributed by atoms with Gasteiger partial charge in [0.1, 0.15) is 0 Å². The number of hydrogen-bond acceptors (Lipinski definition) is 7. The first-order valence-electron chi connectivity index (χ1n) is 10.1. The molecule has 9 heteroatoms. The molecule has 1 N–H and O–H groups in total. The number of carboxylic acids is 1. The number of rotatable bonds is 10. The molecule has 1 aromatic carbocycles. The van der Waals surface area contributed by atoms with Gasteiger partial charge in [0.25, 0.3) is 0 Å². The Bertz CT molecular complexity index is 745. The first kappa shape index (κ1) is 24.0. The molecule has 1 fully saturated rings. The first-order chi connectivity index (χ1) is 14.0. The summed E-state index contributed by atoms with van der Waals surface area (Å²) in [7, 11) is -0.761. The van der Waals surface area contributed by atoms with Crippen LogP contribution in [0.1, 0.15) is 59.3 Å². The van der Waals surface area contributed by atoms with Crippen LogP contribution in [-0.4, -0.2) is 55.2 Å². The molecule has 0 amide bonds. The maximum absolute atomic E-state index is 12.4. The van der Waals surface area contributed by atoms with Crippen molar-refractivity contribution in [1.29, 1.82) is 0 Å². The van der Waals surface area contributed by atoms with Crippen LogP contribution in [-0.2, 0) is 23.6 Å². The van der Waals surface area contributed by atoms with E-state index in [9.17, 15) is 9.59 Å². The largest absolute Gasteiger partial charge is 0.490 e. The van der Waals surface area contributed by atoms with E-state index in [1.807, 2.05) is 34.6 Å². The van der Waals surface area contributed by atoms with E-state index in [2.05, 4.69) is 0 Å². The summed E-state index contributed by atoms with van der Waals surface area (Å²) in [4.78, 5) is 23.5. The molecule has 0 aliphatic carbocycles. The third kappa shape index (κ3) is 5.46. The van der Waals surface area contributed by atoms with E-state index in [4.69, 9.17) is 28.6 Å². The summed E-state index contributed by atoms with van der Waals surface area (Å²) in [5, 5.41) is 9.10. The van der Waals surface area contributed by atoms with E-state index in [1.54, 1.807) is 25.1 Å². The fraction of sp³-hybridized carbons (Fsp3) is 0.619. The van der Waals surface area contributed by atoms with E-state index in [-0.39, 0.29) is 18.8 Å². The Hall–Kier alpha value is -2.26. The number of esters is 1. The predicted molar refractivity (Wildman–Crippen MR) is 111 cm³/mol. The number of ether oxygens (including phenoxy) is 3. The van der Waals surface area contributed by atoms with Gasteiger partial charge < -0.3 is 28.6 Å². The second-order valence-electron chi connectivity index (χ2n) is 8.03. The van der Waals surface area contributed by atoms with Crippen LogP contribution < -0.4 is 9.47 Å². The number of hydrogen-bond donors (Lipinski definition) is 1. The molecule has 8 nitrogen and oxygen atoms in total. The second-order valence-corrected chi connectivity index (χ2v) is 8.03. The highest BCUT2D eigenvalue weighted by Gasteiger charge is 2.55. The lowest BCUT2D eigenvalue weighted by molar-refractivity contribution is -0.143. The zero-order chi connectivity index (χ0) is 22.5. The van der Waals surface area contributed by atoms with Crippen molar-refractivity contribution in [2.24, 2.45) is 0 Å². The van der Waals surface area contributed by atoms with Crippen LogP contribution in [0.3, 0.4) is 0 Å². The molecule has 1 heterocycles. The van der Waals surface area contributed by atoms with Crippen LogP contribution >= 0.6 is 0 Å². The monoisotopic (exact) mass is 422 g/mol. The summed E-state index contributed by atoms with van der Waals surface area (Å²) in [6.07, 6.45) is -0.0241. The SMILES string of the molecule is CCOC(=O)CC(B1OC(C)(C)C(C)(C)O1)c1cccc(OCC)c1OCC(=O)O. The topological polar surface area (TPSA) is 101 Å². The quantitative estimate of drug-likeness (QED) is 0.453. The van der Waals surface area contributed by atoms with Gasteiger partial charge in [0.05, 0.1) is 30.8 Å². The number of benzene rings is 1. The van der Waals surface area contributed by atoms with Crippen molar-refractivity contribution in [2.45, 2.75) is 65.0 Å². The molecule has 0 aromatic heterocycles. The molecule has 1 aliphatic heterocycles. The predicted octanol–water partition coefficient (Wildman–Crippen LogP) is 3.22. The third-order valence-electron chi connectivity index (χ3n) is 5.34. The van der Waals surface area contributed by atoms with Crippen molar-refractivity contribution in [3.05, 3.63) is 23.8 Å². The molecule has 0 spiro atoms. The van der Waals surface area contributed by atoms with E-state index in [0.717, 1.165) is 0 Å². The van der Waals surface area contributed by atoms with Gasteiger partial charge in [-0.2, -0.15) is 0 Å². The summed E-state index contributed by atoms with van der Waals surface area (Å²) in [5.41, 5.74) is -0.650. The molecular formula is C21H31BO8. The Morgan fingerprint density at radius 3 is 2.23 bits per heavy atom. The van der Waals surface area contributed by atoms with Crippen LogP contribution in [0.25, 0.3) is 0 Å². The highest BCUT2D eigenvalue weighted by Crippen LogP contribution is 2.45. The number of para-hydroxylation sites is 1. The van der Waals surface area contributed by atoms with Crippen LogP contribution in [0.15, 0.2) is 18.2 Å². The minimum Gasteiger partial charge on any atom is -0.490 e. The zero-order valence-corrected chi connectivity index (χ0v) is 18.5. The molecule has 1 saturated heterocycles. The fourth-order valence-electron chi connectivity index (χ4n) is 3.19. The minimum atomic E-state index is -1.12. The van der Waals surface area contributed by atoms with Gasteiger partial charge in [-0.15, -0.1) is 0 Å².